The standard InChI is InChI=1S/C18H22FNO3S/c1-13-11-14(2)18(15(3)12-13)24(21,22)20(4)9-10-23-17-8-6-5-7-16(17)19/h5-8,11-12H,9-10H2,1-4H3. The molecule has 4 nitrogen and oxygen atoms in total. The molecule has 0 spiro atoms. The molecule has 6 heteroatoms. The maximum absolute atomic E-state index is 13.5. The summed E-state index contributed by atoms with van der Waals surface area (Å²) in [4.78, 5) is 0.321. The molecule has 0 aliphatic heterocycles. The van der Waals surface area contributed by atoms with Gasteiger partial charge in [0.1, 0.15) is 6.61 Å². The first-order chi connectivity index (χ1) is 11.2. The molecule has 0 aliphatic carbocycles. The second-order valence-electron chi connectivity index (χ2n) is 5.83. The van der Waals surface area contributed by atoms with Crippen molar-refractivity contribution in [3.63, 3.8) is 0 Å². The van der Waals surface area contributed by atoms with Crippen LogP contribution in [0.2, 0.25) is 0 Å². The number of sulfonamides is 1. The number of halogens is 1. The van der Waals surface area contributed by atoms with Gasteiger partial charge in [0.2, 0.25) is 10.0 Å². The summed E-state index contributed by atoms with van der Waals surface area (Å²) in [5.41, 5.74) is 2.46. The third-order valence-corrected chi connectivity index (χ3v) is 5.94. The monoisotopic (exact) mass is 351 g/mol. The van der Waals surface area contributed by atoms with Crippen molar-refractivity contribution in [3.8, 4) is 5.75 Å². The highest BCUT2D eigenvalue weighted by molar-refractivity contribution is 7.89. The zero-order chi connectivity index (χ0) is 17.9. The van der Waals surface area contributed by atoms with Crippen molar-refractivity contribution in [2.75, 3.05) is 20.2 Å². The Morgan fingerprint density at radius 3 is 2.25 bits per heavy atom. The molecule has 2 aromatic rings. The molecule has 0 aromatic heterocycles. The fourth-order valence-electron chi connectivity index (χ4n) is 2.70. The highest BCUT2D eigenvalue weighted by Crippen LogP contribution is 2.24. The van der Waals surface area contributed by atoms with Gasteiger partial charge in [-0.1, -0.05) is 29.8 Å². The van der Waals surface area contributed by atoms with Crippen LogP contribution in [0.25, 0.3) is 0 Å². The van der Waals surface area contributed by atoms with Crippen LogP contribution in [-0.4, -0.2) is 32.9 Å². The second kappa shape index (κ2) is 7.32. The molecule has 0 fully saturated rings. The highest BCUT2D eigenvalue weighted by atomic mass is 32.2. The average molecular weight is 351 g/mol. The Morgan fingerprint density at radius 1 is 1.08 bits per heavy atom. The molecule has 0 saturated carbocycles. The van der Waals surface area contributed by atoms with Crippen molar-refractivity contribution in [2.45, 2.75) is 25.7 Å². The summed E-state index contributed by atoms with van der Waals surface area (Å²) in [5.74, 6) is -0.348. The number of benzene rings is 2. The first-order valence-corrected chi connectivity index (χ1v) is 9.09. The van der Waals surface area contributed by atoms with Gasteiger partial charge in [0, 0.05) is 13.6 Å². The van der Waals surface area contributed by atoms with Gasteiger partial charge in [-0.05, 0) is 44.0 Å². The van der Waals surface area contributed by atoms with E-state index in [1.165, 1.54) is 23.5 Å². The molecule has 0 heterocycles. The molecule has 2 rings (SSSR count). The van der Waals surface area contributed by atoms with Gasteiger partial charge in [0.05, 0.1) is 4.90 Å². The second-order valence-corrected chi connectivity index (χ2v) is 7.82. The summed E-state index contributed by atoms with van der Waals surface area (Å²) in [5, 5.41) is 0. The zero-order valence-corrected chi connectivity index (χ0v) is 15.2. The number of aryl methyl sites for hydroxylation is 3. The summed E-state index contributed by atoms with van der Waals surface area (Å²) in [6, 6.07) is 9.75. The van der Waals surface area contributed by atoms with Gasteiger partial charge < -0.3 is 4.74 Å². The van der Waals surface area contributed by atoms with E-state index in [2.05, 4.69) is 0 Å². The van der Waals surface area contributed by atoms with Crippen LogP contribution >= 0.6 is 0 Å². The molecule has 0 amide bonds. The van der Waals surface area contributed by atoms with E-state index in [1.807, 2.05) is 19.1 Å². The SMILES string of the molecule is Cc1cc(C)c(S(=O)(=O)N(C)CCOc2ccccc2F)c(C)c1. The molecular formula is C18H22FNO3S. The Morgan fingerprint density at radius 2 is 1.67 bits per heavy atom. The molecule has 0 atom stereocenters. The molecule has 24 heavy (non-hydrogen) atoms. The summed E-state index contributed by atoms with van der Waals surface area (Å²) in [6.45, 7) is 5.71. The van der Waals surface area contributed by atoms with E-state index in [0.29, 0.717) is 4.90 Å². The minimum atomic E-state index is -3.62. The fourth-order valence-corrected chi connectivity index (χ4v) is 4.25. The van der Waals surface area contributed by atoms with Gasteiger partial charge >= 0.3 is 0 Å². The summed E-state index contributed by atoms with van der Waals surface area (Å²) >= 11 is 0. The third-order valence-electron chi connectivity index (χ3n) is 3.77. The van der Waals surface area contributed by atoms with Gasteiger partial charge in [0.15, 0.2) is 11.6 Å². The summed E-state index contributed by atoms with van der Waals surface area (Å²) in [6.07, 6.45) is 0. The molecule has 0 unspecified atom stereocenters. The topological polar surface area (TPSA) is 46.6 Å². The summed E-state index contributed by atoms with van der Waals surface area (Å²) in [7, 11) is -2.12. The van der Waals surface area contributed by atoms with E-state index in [1.54, 1.807) is 26.0 Å². The van der Waals surface area contributed by atoms with E-state index in [0.717, 1.165) is 16.7 Å². The van der Waals surface area contributed by atoms with Crippen LogP contribution in [-0.2, 0) is 10.0 Å². The third kappa shape index (κ3) is 3.94. The molecule has 0 saturated heterocycles. The Hall–Kier alpha value is -1.92. The largest absolute Gasteiger partial charge is 0.489 e. The normalized spacial score (nSPS) is 11.8. The predicted molar refractivity (Wildman–Crippen MR) is 92.4 cm³/mol. The average Bonchev–Trinajstić information content (AvgIpc) is 2.47. The zero-order valence-electron chi connectivity index (χ0n) is 14.3. The molecular weight excluding hydrogens is 329 g/mol. The van der Waals surface area contributed by atoms with E-state index < -0.39 is 15.8 Å². The highest BCUT2D eigenvalue weighted by Gasteiger charge is 2.24. The van der Waals surface area contributed by atoms with Crippen LogP contribution in [0.1, 0.15) is 16.7 Å². The fraction of sp³-hybridized carbons (Fsp3) is 0.333. The minimum absolute atomic E-state index is 0.0701. The van der Waals surface area contributed by atoms with E-state index in [9.17, 15) is 12.8 Å². The smallest absolute Gasteiger partial charge is 0.243 e. The van der Waals surface area contributed by atoms with Crippen LogP contribution in [0.5, 0.6) is 5.75 Å². The van der Waals surface area contributed by atoms with Crippen LogP contribution in [0.3, 0.4) is 0 Å². The number of ether oxygens (including phenoxy) is 1. The van der Waals surface area contributed by atoms with E-state index in [-0.39, 0.29) is 18.9 Å². The Balaban J connectivity index is 2.11. The number of hydrogen-bond acceptors (Lipinski definition) is 3. The quantitative estimate of drug-likeness (QED) is 0.801. The maximum Gasteiger partial charge on any atom is 0.243 e. The Labute approximate surface area is 142 Å². The van der Waals surface area contributed by atoms with E-state index in [4.69, 9.17) is 4.74 Å². The minimum Gasteiger partial charge on any atom is -0.489 e. The van der Waals surface area contributed by atoms with Gasteiger partial charge in [-0.25, -0.2) is 12.8 Å². The number of hydrogen-bond donors (Lipinski definition) is 0. The Kier molecular flexibility index (Phi) is 5.62. The van der Waals surface area contributed by atoms with Crippen molar-refractivity contribution < 1.29 is 17.5 Å². The molecule has 0 radical (unpaired) electrons. The molecule has 0 bridgehead atoms. The molecule has 0 N–H and O–H groups in total. The maximum atomic E-state index is 13.5. The lowest BCUT2D eigenvalue weighted by Crippen LogP contribution is -2.32. The van der Waals surface area contributed by atoms with Crippen LogP contribution in [0, 0.1) is 26.6 Å². The van der Waals surface area contributed by atoms with Crippen LogP contribution in [0.15, 0.2) is 41.3 Å². The number of likely N-dealkylation sites (N-methyl/N-ethyl adjacent to an activating group) is 1. The number of para-hydroxylation sites is 1. The lowest BCUT2D eigenvalue weighted by Gasteiger charge is -2.20. The number of nitrogens with zero attached hydrogens (tertiary/aromatic N) is 1. The lowest BCUT2D eigenvalue weighted by atomic mass is 10.1. The molecule has 0 aliphatic rings. The van der Waals surface area contributed by atoms with Gasteiger partial charge in [-0.3, -0.25) is 0 Å². The first kappa shape index (κ1) is 18.4. The van der Waals surface area contributed by atoms with Crippen molar-refractivity contribution in [2.24, 2.45) is 0 Å². The van der Waals surface area contributed by atoms with Crippen molar-refractivity contribution >= 4 is 10.0 Å². The molecule has 130 valence electrons. The van der Waals surface area contributed by atoms with Gasteiger partial charge in [-0.2, -0.15) is 4.31 Å². The number of rotatable bonds is 6. The van der Waals surface area contributed by atoms with Gasteiger partial charge in [-0.15, -0.1) is 0 Å². The first-order valence-electron chi connectivity index (χ1n) is 7.65. The van der Waals surface area contributed by atoms with Crippen molar-refractivity contribution in [3.05, 3.63) is 58.9 Å². The van der Waals surface area contributed by atoms with Crippen LogP contribution < -0.4 is 4.74 Å². The van der Waals surface area contributed by atoms with E-state index >= 15 is 0 Å². The van der Waals surface area contributed by atoms with Crippen molar-refractivity contribution in [1.82, 2.24) is 4.31 Å². The lowest BCUT2D eigenvalue weighted by molar-refractivity contribution is 0.275. The van der Waals surface area contributed by atoms with Gasteiger partial charge in [0.25, 0.3) is 0 Å². The van der Waals surface area contributed by atoms with Crippen molar-refractivity contribution in [1.29, 1.82) is 0 Å². The summed E-state index contributed by atoms with van der Waals surface area (Å²) < 4.78 is 45.7. The predicted octanol–water partition coefficient (Wildman–Crippen LogP) is 3.45. The Bertz CT molecular complexity index is 811. The van der Waals surface area contributed by atoms with Crippen LogP contribution in [0.4, 0.5) is 4.39 Å². The molecule has 2 aromatic carbocycles.